The topological polar surface area (TPSA) is 58.6 Å². The summed E-state index contributed by atoms with van der Waals surface area (Å²) in [7, 11) is 0. The standard InChI is InChI=1S/C27H24N2O3S2/c1-19-8-5-10-21(16-19)28-25(30)14-7-15-29-26(31)24(34-27(29)33)18-20-9-6-13-23(17-20)32-22-11-3-2-4-12-22/h2-6,8-13,16-18H,7,14-15H2,1H3,(H,28,30)/b24-18-. The second-order valence-corrected chi connectivity index (χ2v) is 9.52. The normalized spacial score (nSPS) is 14.5. The van der Waals surface area contributed by atoms with Crippen molar-refractivity contribution in [1.82, 2.24) is 4.90 Å². The highest BCUT2D eigenvalue weighted by molar-refractivity contribution is 8.26. The second-order valence-electron chi connectivity index (χ2n) is 7.84. The first-order valence-corrected chi connectivity index (χ1v) is 12.2. The number of nitrogens with one attached hydrogen (secondary N) is 1. The number of nitrogens with zero attached hydrogens (tertiary/aromatic N) is 1. The Labute approximate surface area is 208 Å². The van der Waals surface area contributed by atoms with Gasteiger partial charge < -0.3 is 10.1 Å². The number of aryl methyl sites for hydroxylation is 1. The van der Waals surface area contributed by atoms with Crippen molar-refractivity contribution in [3.63, 3.8) is 0 Å². The number of carbonyl (C=O) groups is 2. The number of amides is 2. The van der Waals surface area contributed by atoms with Gasteiger partial charge in [-0.15, -0.1) is 0 Å². The lowest BCUT2D eigenvalue weighted by atomic mass is 10.2. The van der Waals surface area contributed by atoms with Gasteiger partial charge in [-0.3, -0.25) is 14.5 Å². The molecule has 34 heavy (non-hydrogen) atoms. The van der Waals surface area contributed by atoms with E-state index in [0.29, 0.717) is 34.4 Å². The molecule has 1 N–H and O–H groups in total. The lowest BCUT2D eigenvalue weighted by Gasteiger charge is -2.14. The van der Waals surface area contributed by atoms with E-state index in [9.17, 15) is 9.59 Å². The smallest absolute Gasteiger partial charge is 0.266 e. The fourth-order valence-corrected chi connectivity index (χ4v) is 4.79. The van der Waals surface area contributed by atoms with Gasteiger partial charge in [0.2, 0.25) is 5.91 Å². The first-order valence-electron chi connectivity index (χ1n) is 10.9. The molecule has 0 aliphatic carbocycles. The third kappa shape index (κ3) is 6.34. The van der Waals surface area contributed by atoms with Crippen LogP contribution in [0.3, 0.4) is 0 Å². The van der Waals surface area contributed by atoms with Crippen molar-refractivity contribution < 1.29 is 14.3 Å². The minimum Gasteiger partial charge on any atom is -0.457 e. The van der Waals surface area contributed by atoms with Crippen LogP contribution in [0.25, 0.3) is 6.08 Å². The molecule has 1 fully saturated rings. The van der Waals surface area contributed by atoms with E-state index in [1.54, 1.807) is 4.90 Å². The first kappa shape index (κ1) is 23.7. The van der Waals surface area contributed by atoms with Gasteiger partial charge >= 0.3 is 0 Å². The minimum absolute atomic E-state index is 0.0817. The van der Waals surface area contributed by atoms with Gasteiger partial charge in [0, 0.05) is 18.7 Å². The summed E-state index contributed by atoms with van der Waals surface area (Å²) in [6.07, 6.45) is 2.66. The van der Waals surface area contributed by atoms with Crippen molar-refractivity contribution in [2.75, 3.05) is 11.9 Å². The number of rotatable bonds is 8. The molecular formula is C27H24N2O3S2. The number of carbonyl (C=O) groups excluding carboxylic acids is 2. The molecule has 4 rings (SSSR count). The van der Waals surface area contributed by atoms with Crippen LogP contribution in [0.5, 0.6) is 11.5 Å². The molecule has 172 valence electrons. The summed E-state index contributed by atoms with van der Waals surface area (Å²) >= 11 is 6.70. The molecule has 0 saturated carbocycles. The summed E-state index contributed by atoms with van der Waals surface area (Å²) in [5.74, 6) is 1.22. The lowest BCUT2D eigenvalue weighted by molar-refractivity contribution is -0.122. The van der Waals surface area contributed by atoms with E-state index in [4.69, 9.17) is 17.0 Å². The van der Waals surface area contributed by atoms with E-state index in [-0.39, 0.29) is 11.8 Å². The molecule has 1 aliphatic heterocycles. The highest BCUT2D eigenvalue weighted by Gasteiger charge is 2.31. The first-order chi connectivity index (χ1) is 16.5. The van der Waals surface area contributed by atoms with Gasteiger partial charge in [0.25, 0.3) is 5.91 Å². The van der Waals surface area contributed by atoms with Gasteiger partial charge in [0.15, 0.2) is 0 Å². The largest absolute Gasteiger partial charge is 0.457 e. The number of ether oxygens (including phenoxy) is 1. The number of hydrogen-bond donors (Lipinski definition) is 1. The van der Waals surface area contributed by atoms with E-state index < -0.39 is 0 Å². The van der Waals surface area contributed by atoms with Crippen LogP contribution >= 0.6 is 24.0 Å². The number of hydrogen-bond acceptors (Lipinski definition) is 5. The van der Waals surface area contributed by atoms with E-state index in [2.05, 4.69) is 5.32 Å². The molecule has 3 aromatic carbocycles. The summed E-state index contributed by atoms with van der Waals surface area (Å²) in [6, 6.07) is 24.8. The van der Waals surface area contributed by atoms with Crippen LogP contribution in [0.1, 0.15) is 24.0 Å². The molecule has 1 heterocycles. The van der Waals surface area contributed by atoms with Crippen LogP contribution < -0.4 is 10.1 Å². The van der Waals surface area contributed by atoms with Crippen LogP contribution in [0.4, 0.5) is 5.69 Å². The minimum atomic E-state index is -0.136. The Morgan fingerprint density at radius 2 is 1.79 bits per heavy atom. The third-order valence-electron chi connectivity index (χ3n) is 5.10. The summed E-state index contributed by atoms with van der Waals surface area (Å²) in [5, 5.41) is 2.89. The average Bonchev–Trinajstić information content (AvgIpc) is 3.07. The van der Waals surface area contributed by atoms with Crippen LogP contribution in [0, 0.1) is 6.92 Å². The Bertz CT molecular complexity index is 1240. The lowest BCUT2D eigenvalue weighted by Crippen LogP contribution is -2.29. The highest BCUT2D eigenvalue weighted by Crippen LogP contribution is 2.33. The number of thiocarbonyl (C=S) groups is 1. The zero-order valence-corrected chi connectivity index (χ0v) is 20.3. The Morgan fingerprint density at radius 1 is 1.03 bits per heavy atom. The van der Waals surface area contributed by atoms with Crippen molar-refractivity contribution >= 4 is 51.9 Å². The van der Waals surface area contributed by atoms with Crippen molar-refractivity contribution in [3.05, 3.63) is 94.9 Å². The molecule has 1 aliphatic rings. The second kappa shape index (κ2) is 11.1. The molecule has 2 amide bonds. The van der Waals surface area contributed by atoms with Crippen LogP contribution in [0.2, 0.25) is 0 Å². The van der Waals surface area contributed by atoms with Gasteiger partial charge in [0.05, 0.1) is 4.91 Å². The Hall–Kier alpha value is -3.42. The van der Waals surface area contributed by atoms with Crippen LogP contribution in [0.15, 0.2) is 83.8 Å². The maximum Gasteiger partial charge on any atom is 0.266 e. The monoisotopic (exact) mass is 488 g/mol. The fourth-order valence-electron chi connectivity index (χ4n) is 3.48. The van der Waals surface area contributed by atoms with Crippen molar-refractivity contribution in [2.45, 2.75) is 19.8 Å². The maximum atomic E-state index is 12.9. The van der Waals surface area contributed by atoms with Gasteiger partial charge in [0.1, 0.15) is 15.8 Å². The number of benzene rings is 3. The molecule has 0 spiro atoms. The molecule has 0 radical (unpaired) electrons. The molecule has 1 saturated heterocycles. The van der Waals surface area contributed by atoms with Gasteiger partial charge in [-0.2, -0.15) is 0 Å². The summed E-state index contributed by atoms with van der Waals surface area (Å²) in [4.78, 5) is 27.3. The third-order valence-corrected chi connectivity index (χ3v) is 6.47. The average molecular weight is 489 g/mol. The number of thioether (sulfide) groups is 1. The summed E-state index contributed by atoms with van der Waals surface area (Å²) in [5.41, 5.74) is 2.71. The fraction of sp³-hybridized carbons (Fsp3) is 0.148. The van der Waals surface area contributed by atoms with Crippen molar-refractivity contribution in [3.8, 4) is 11.5 Å². The SMILES string of the molecule is Cc1cccc(NC(=O)CCCN2C(=O)/C(=C/c3cccc(Oc4ccccc4)c3)SC2=S)c1. The highest BCUT2D eigenvalue weighted by atomic mass is 32.2. The molecule has 0 bridgehead atoms. The Morgan fingerprint density at radius 3 is 2.59 bits per heavy atom. The Balaban J connectivity index is 1.33. The number of anilines is 1. The molecule has 0 unspecified atom stereocenters. The molecule has 5 nitrogen and oxygen atoms in total. The van der Waals surface area contributed by atoms with Crippen molar-refractivity contribution in [2.24, 2.45) is 0 Å². The quantitative estimate of drug-likeness (QED) is 0.293. The van der Waals surface area contributed by atoms with Gasteiger partial charge in [-0.05, 0) is 66.9 Å². The zero-order valence-electron chi connectivity index (χ0n) is 18.7. The molecule has 0 aromatic heterocycles. The summed E-state index contributed by atoms with van der Waals surface area (Å²) in [6.45, 7) is 2.38. The predicted molar refractivity (Wildman–Crippen MR) is 142 cm³/mol. The zero-order chi connectivity index (χ0) is 23.9. The molecule has 7 heteroatoms. The maximum absolute atomic E-state index is 12.9. The van der Waals surface area contributed by atoms with E-state index in [1.165, 1.54) is 11.8 Å². The van der Waals surface area contributed by atoms with Gasteiger partial charge in [-0.1, -0.05) is 66.4 Å². The van der Waals surface area contributed by atoms with E-state index in [0.717, 1.165) is 22.6 Å². The summed E-state index contributed by atoms with van der Waals surface area (Å²) < 4.78 is 6.39. The molecular weight excluding hydrogens is 464 g/mol. The van der Waals surface area contributed by atoms with E-state index >= 15 is 0 Å². The van der Waals surface area contributed by atoms with Crippen LogP contribution in [-0.4, -0.2) is 27.6 Å². The number of para-hydroxylation sites is 1. The van der Waals surface area contributed by atoms with Crippen LogP contribution in [-0.2, 0) is 9.59 Å². The van der Waals surface area contributed by atoms with Crippen molar-refractivity contribution in [1.29, 1.82) is 0 Å². The molecule has 0 atom stereocenters. The Kier molecular flexibility index (Phi) is 7.77. The molecule has 3 aromatic rings. The predicted octanol–water partition coefficient (Wildman–Crippen LogP) is 6.41. The van der Waals surface area contributed by atoms with E-state index in [1.807, 2.05) is 91.9 Å². The van der Waals surface area contributed by atoms with Gasteiger partial charge in [-0.25, -0.2) is 0 Å².